The van der Waals surface area contributed by atoms with Crippen molar-refractivity contribution in [2.24, 2.45) is 0 Å². The van der Waals surface area contributed by atoms with E-state index in [1.807, 2.05) is 31.4 Å². The largest absolute Gasteiger partial charge is 0.338 e. The fourth-order valence-electron chi connectivity index (χ4n) is 1.99. The van der Waals surface area contributed by atoms with Crippen molar-refractivity contribution < 1.29 is 9.32 Å². The predicted molar refractivity (Wildman–Crippen MR) is 85.0 cm³/mol. The maximum atomic E-state index is 12.1. The van der Waals surface area contributed by atoms with Gasteiger partial charge in [-0.15, -0.1) is 11.3 Å². The molecule has 0 radical (unpaired) electrons. The monoisotopic (exact) mass is 329 g/mol. The first-order chi connectivity index (χ1) is 11.0. The second-order valence-electron chi connectivity index (χ2n) is 5.13. The van der Waals surface area contributed by atoms with Crippen LogP contribution in [0, 0.1) is 13.8 Å². The molecular formula is C15H15N5O2S. The van der Waals surface area contributed by atoms with E-state index < -0.39 is 6.04 Å². The average Bonchev–Trinajstić information content (AvgIpc) is 3.16. The van der Waals surface area contributed by atoms with Crippen molar-refractivity contribution in [1.29, 1.82) is 0 Å². The molecule has 0 aliphatic carbocycles. The fourth-order valence-corrected chi connectivity index (χ4v) is 2.69. The van der Waals surface area contributed by atoms with Crippen LogP contribution >= 0.6 is 11.3 Å². The Bertz CT molecular complexity index is 842. The molecule has 0 bridgehead atoms. The standard InChI is InChI=1S/C15H15N5O2S/c1-8-6-11(4-5-16-8)12-19-14(22-20-12)10(3)18-13(21)15-17-9(2)7-23-15/h4-7,10H,1-3H3,(H,18,21)/t10-/m0/s1. The molecule has 7 nitrogen and oxygen atoms in total. The normalized spacial score (nSPS) is 12.1. The molecule has 1 atom stereocenters. The number of carbonyl (C=O) groups is 1. The molecule has 3 aromatic rings. The van der Waals surface area contributed by atoms with Gasteiger partial charge in [0.2, 0.25) is 11.7 Å². The molecule has 8 heteroatoms. The van der Waals surface area contributed by atoms with Crippen LogP contribution in [0.15, 0.2) is 28.2 Å². The van der Waals surface area contributed by atoms with Crippen molar-refractivity contribution in [1.82, 2.24) is 25.4 Å². The zero-order valence-electron chi connectivity index (χ0n) is 12.9. The van der Waals surface area contributed by atoms with Crippen molar-refractivity contribution in [3.05, 3.63) is 46.0 Å². The van der Waals surface area contributed by atoms with Gasteiger partial charge in [0.15, 0.2) is 5.01 Å². The van der Waals surface area contributed by atoms with Gasteiger partial charge in [-0.1, -0.05) is 5.16 Å². The number of thiazole rings is 1. The zero-order chi connectivity index (χ0) is 16.4. The first-order valence-corrected chi connectivity index (χ1v) is 7.90. The van der Waals surface area contributed by atoms with Crippen LogP contribution < -0.4 is 5.32 Å². The first-order valence-electron chi connectivity index (χ1n) is 7.02. The molecule has 1 N–H and O–H groups in total. The lowest BCUT2D eigenvalue weighted by molar-refractivity contribution is 0.0932. The van der Waals surface area contributed by atoms with Crippen molar-refractivity contribution >= 4 is 17.2 Å². The van der Waals surface area contributed by atoms with Gasteiger partial charge in [-0.3, -0.25) is 9.78 Å². The first kappa shape index (κ1) is 15.3. The van der Waals surface area contributed by atoms with E-state index in [2.05, 4.69) is 25.4 Å². The Morgan fingerprint density at radius 1 is 1.30 bits per heavy atom. The molecule has 0 fully saturated rings. The number of aryl methyl sites for hydroxylation is 2. The highest BCUT2D eigenvalue weighted by Crippen LogP contribution is 2.19. The number of nitrogens with one attached hydrogen (secondary N) is 1. The van der Waals surface area contributed by atoms with Gasteiger partial charge in [-0.2, -0.15) is 4.98 Å². The minimum Gasteiger partial charge on any atom is -0.338 e. The van der Waals surface area contributed by atoms with E-state index in [-0.39, 0.29) is 5.91 Å². The number of nitrogens with zero attached hydrogens (tertiary/aromatic N) is 4. The second kappa shape index (κ2) is 6.25. The van der Waals surface area contributed by atoms with E-state index in [0.29, 0.717) is 16.7 Å². The zero-order valence-corrected chi connectivity index (χ0v) is 13.7. The van der Waals surface area contributed by atoms with E-state index in [9.17, 15) is 4.79 Å². The fraction of sp³-hybridized carbons (Fsp3) is 0.267. The van der Waals surface area contributed by atoms with Gasteiger partial charge in [-0.25, -0.2) is 4.98 Å². The van der Waals surface area contributed by atoms with E-state index in [0.717, 1.165) is 17.0 Å². The summed E-state index contributed by atoms with van der Waals surface area (Å²) < 4.78 is 5.25. The number of hydrogen-bond acceptors (Lipinski definition) is 7. The highest BCUT2D eigenvalue weighted by molar-refractivity contribution is 7.11. The molecule has 0 aromatic carbocycles. The Morgan fingerprint density at radius 3 is 2.83 bits per heavy atom. The van der Waals surface area contributed by atoms with Gasteiger partial charge in [0.1, 0.15) is 6.04 Å². The summed E-state index contributed by atoms with van der Waals surface area (Å²) in [6, 6.07) is 3.27. The molecule has 0 spiro atoms. The molecule has 118 valence electrons. The lowest BCUT2D eigenvalue weighted by atomic mass is 10.2. The van der Waals surface area contributed by atoms with Crippen LogP contribution in [0.2, 0.25) is 0 Å². The van der Waals surface area contributed by atoms with Gasteiger partial charge < -0.3 is 9.84 Å². The third kappa shape index (κ3) is 3.42. The molecule has 0 unspecified atom stereocenters. The van der Waals surface area contributed by atoms with E-state index in [1.165, 1.54) is 11.3 Å². The van der Waals surface area contributed by atoms with E-state index >= 15 is 0 Å². The molecule has 3 rings (SSSR count). The summed E-state index contributed by atoms with van der Waals surface area (Å²) in [6.07, 6.45) is 1.69. The van der Waals surface area contributed by atoms with Crippen LogP contribution in [0.5, 0.6) is 0 Å². The molecule has 0 saturated carbocycles. The van der Waals surface area contributed by atoms with Crippen LogP contribution in [-0.2, 0) is 0 Å². The highest BCUT2D eigenvalue weighted by Gasteiger charge is 2.19. The third-order valence-electron chi connectivity index (χ3n) is 3.13. The molecule has 0 saturated heterocycles. The molecule has 0 aliphatic heterocycles. The Kier molecular flexibility index (Phi) is 4.16. The van der Waals surface area contributed by atoms with Gasteiger partial charge in [0, 0.05) is 28.5 Å². The Morgan fingerprint density at radius 2 is 2.13 bits per heavy atom. The van der Waals surface area contributed by atoms with Crippen molar-refractivity contribution in [2.75, 3.05) is 0 Å². The molecule has 3 aromatic heterocycles. The maximum Gasteiger partial charge on any atom is 0.280 e. The summed E-state index contributed by atoms with van der Waals surface area (Å²) >= 11 is 1.30. The lowest BCUT2D eigenvalue weighted by Crippen LogP contribution is -2.26. The van der Waals surface area contributed by atoms with Gasteiger partial charge in [0.25, 0.3) is 5.91 Å². The summed E-state index contributed by atoms with van der Waals surface area (Å²) in [5.74, 6) is 0.558. The van der Waals surface area contributed by atoms with E-state index in [1.54, 1.807) is 13.1 Å². The number of hydrogen-bond donors (Lipinski definition) is 1. The summed E-state index contributed by atoms with van der Waals surface area (Å²) in [6.45, 7) is 5.52. The maximum absolute atomic E-state index is 12.1. The molecule has 1 amide bonds. The summed E-state index contributed by atoms with van der Waals surface area (Å²) in [4.78, 5) is 24.7. The van der Waals surface area contributed by atoms with Crippen molar-refractivity contribution in [3.8, 4) is 11.4 Å². The smallest absolute Gasteiger partial charge is 0.280 e. The van der Waals surface area contributed by atoms with Crippen LogP contribution in [0.25, 0.3) is 11.4 Å². The molecule has 3 heterocycles. The molecule has 23 heavy (non-hydrogen) atoms. The number of carbonyl (C=O) groups excluding carboxylic acids is 1. The minimum atomic E-state index is -0.407. The van der Waals surface area contributed by atoms with Gasteiger partial charge >= 0.3 is 0 Å². The summed E-state index contributed by atoms with van der Waals surface area (Å²) in [7, 11) is 0. The second-order valence-corrected chi connectivity index (χ2v) is 5.99. The predicted octanol–water partition coefficient (Wildman–Crippen LogP) is 2.70. The Balaban J connectivity index is 1.73. The quantitative estimate of drug-likeness (QED) is 0.791. The topological polar surface area (TPSA) is 93.8 Å². The van der Waals surface area contributed by atoms with Crippen LogP contribution in [0.3, 0.4) is 0 Å². The van der Waals surface area contributed by atoms with Gasteiger partial charge in [-0.05, 0) is 32.9 Å². The Labute approximate surface area is 136 Å². The number of aromatic nitrogens is 4. The van der Waals surface area contributed by atoms with Gasteiger partial charge in [0.05, 0.1) is 0 Å². The molecule has 0 aliphatic rings. The van der Waals surface area contributed by atoms with Crippen molar-refractivity contribution in [2.45, 2.75) is 26.8 Å². The van der Waals surface area contributed by atoms with Crippen LogP contribution in [-0.4, -0.2) is 26.0 Å². The Hall–Kier alpha value is -2.61. The minimum absolute atomic E-state index is 0.255. The van der Waals surface area contributed by atoms with Crippen LogP contribution in [0.4, 0.5) is 0 Å². The SMILES string of the molecule is Cc1cc(-c2noc([C@H](C)NC(=O)c3nc(C)cs3)n2)ccn1. The number of pyridine rings is 1. The third-order valence-corrected chi connectivity index (χ3v) is 4.09. The number of rotatable bonds is 4. The van der Waals surface area contributed by atoms with E-state index in [4.69, 9.17) is 4.52 Å². The average molecular weight is 329 g/mol. The van der Waals surface area contributed by atoms with Crippen LogP contribution in [0.1, 0.15) is 40.0 Å². The lowest BCUT2D eigenvalue weighted by Gasteiger charge is -2.07. The van der Waals surface area contributed by atoms with Crippen molar-refractivity contribution in [3.63, 3.8) is 0 Å². The summed E-state index contributed by atoms with van der Waals surface area (Å²) in [5.41, 5.74) is 2.51. The highest BCUT2D eigenvalue weighted by atomic mass is 32.1. The summed E-state index contributed by atoms with van der Waals surface area (Å²) in [5, 5.41) is 9.00. The molecular weight excluding hydrogens is 314 g/mol. The number of amides is 1.